The third kappa shape index (κ3) is 4.47. The molecule has 2 aromatic carbocycles. The zero-order valence-electron chi connectivity index (χ0n) is 14.6. The van der Waals surface area contributed by atoms with Gasteiger partial charge in [-0.2, -0.15) is 5.10 Å². The summed E-state index contributed by atoms with van der Waals surface area (Å²) >= 11 is 5.94. The molecule has 0 aliphatic heterocycles. The van der Waals surface area contributed by atoms with E-state index in [9.17, 15) is 4.79 Å². The lowest BCUT2D eigenvalue weighted by Crippen LogP contribution is -2.32. The Morgan fingerprint density at radius 2 is 2.04 bits per heavy atom. The normalized spacial score (nSPS) is 12.2. The van der Waals surface area contributed by atoms with Gasteiger partial charge in [-0.1, -0.05) is 29.8 Å². The highest BCUT2D eigenvalue weighted by Crippen LogP contribution is 2.20. The van der Waals surface area contributed by atoms with Crippen molar-refractivity contribution in [2.45, 2.75) is 13.0 Å². The molecule has 1 atom stereocenters. The Morgan fingerprint density at radius 3 is 2.69 bits per heavy atom. The molecule has 0 aliphatic rings. The fourth-order valence-corrected chi connectivity index (χ4v) is 2.82. The molecule has 1 aromatic heterocycles. The zero-order chi connectivity index (χ0) is 18.5. The molecule has 134 valence electrons. The summed E-state index contributed by atoms with van der Waals surface area (Å²) in [5.74, 6) is -0.0825. The van der Waals surface area contributed by atoms with Crippen LogP contribution in [0.2, 0.25) is 5.02 Å². The zero-order valence-corrected chi connectivity index (χ0v) is 15.4. The van der Waals surface area contributed by atoms with Crippen molar-refractivity contribution in [3.05, 3.63) is 71.8 Å². The lowest BCUT2D eigenvalue weighted by Gasteiger charge is -2.24. The number of carbonyl (C=O) groups excluding carboxylic acids is 1. The van der Waals surface area contributed by atoms with Crippen LogP contribution in [0, 0.1) is 0 Å². The predicted molar refractivity (Wildman–Crippen MR) is 102 cm³/mol. The van der Waals surface area contributed by atoms with Gasteiger partial charge in [0, 0.05) is 16.8 Å². The number of hydrogen-bond acceptors (Lipinski definition) is 4. The van der Waals surface area contributed by atoms with Gasteiger partial charge in [0.25, 0.3) is 0 Å². The Morgan fingerprint density at radius 1 is 1.27 bits per heavy atom. The van der Waals surface area contributed by atoms with Crippen molar-refractivity contribution in [2.75, 3.05) is 18.9 Å². The van der Waals surface area contributed by atoms with Gasteiger partial charge in [-0.15, -0.1) is 0 Å². The first kappa shape index (κ1) is 18.1. The van der Waals surface area contributed by atoms with Crippen LogP contribution in [0.15, 0.2) is 61.2 Å². The lowest BCUT2D eigenvalue weighted by atomic mass is 10.1. The molecule has 0 saturated heterocycles. The van der Waals surface area contributed by atoms with Crippen molar-refractivity contribution in [1.29, 1.82) is 0 Å². The molecular formula is C19H20ClN5O. The Labute approximate surface area is 157 Å². The molecule has 1 heterocycles. The van der Waals surface area contributed by atoms with Gasteiger partial charge in [-0.05, 0) is 49.9 Å². The molecule has 0 radical (unpaired) electrons. The van der Waals surface area contributed by atoms with Gasteiger partial charge in [0.1, 0.15) is 12.7 Å². The lowest BCUT2D eigenvalue weighted by molar-refractivity contribution is -0.117. The van der Waals surface area contributed by atoms with Crippen LogP contribution in [0.1, 0.15) is 18.5 Å². The van der Waals surface area contributed by atoms with E-state index < -0.39 is 0 Å². The number of hydrogen-bond donors (Lipinski definition) is 1. The Kier molecular flexibility index (Phi) is 5.65. The van der Waals surface area contributed by atoms with Crippen LogP contribution in [-0.4, -0.2) is 39.2 Å². The molecule has 7 heteroatoms. The topological polar surface area (TPSA) is 63.1 Å². The summed E-state index contributed by atoms with van der Waals surface area (Å²) in [7, 11) is 1.92. The van der Waals surface area contributed by atoms with E-state index in [1.807, 2.05) is 42.3 Å². The maximum atomic E-state index is 12.3. The summed E-state index contributed by atoms with van der Waals surface area (Å²) in [6.07, 6.45) is 3.16. The van der Waals surface area contributed by atoms with E-state index in [1.54, 1.807) is 29.2 Å². The van der Waals surface area contributed by atoms with Crippen LogP contribution >= 0.6 is 11.6 Å². The average Bonchev–Trinajstić information content (AvgIpc) is 3.15. The maximum absolute atomic E-state index is 12.3. The molecule has 3 aromatic rings. The smallest absolute Gasteiger partial charge is 0.238 e. The van der Waals surface area contributed by atoms with E-state index in [2.05, 4.69) is 22.3 Å². The monoisotopic (exact) mass is 369 g/mol. The molecule has 1 amide bonds. The van der Waals surface area contributed by atoms with Crippen LogP contribution in [0.5, 0.6) is 0 Å². The van der Waals surface area contributed by atoms with Gasteiger partial charge in [0.15, 0.2) is 0 Å². The van der Waals surface area contributed by atoms with E-state index in [1.165, 1.54) is 6.33 Å². The van der Waals surface area contributed by atoms with E-state index in [0.29, 0.717) is 10.7 Å². The van der Waals surface area contributed by atoms with Crippen LogP contribution in [0.25, 0.3) is 5.69 Å². The Balaban J connectivity index is 1.60. The van der Waals surface area contributed by atoms with Crippen molar-refractivity contribution in [1.82, 2.24) is 19.7 Å². The Bertz CT molecular complexity index is 864. The van der Waals surface area contributed by atoms with Gasteiger partial charge < -0.3 is 5.32 Å². The number of amides is 1. The molecule has 0 fully saturated rings. The first-order chi connectivity index (χ1) is 12.5. The number of halogens is 1. The first-order valence-electron chi connectivity index (χ1n) is 8.23. The van der Waals surface area contributed by atoms with Crippen molar-refractivity contribution >= 4 is 23.2 Å². The predicted octanol–water partition coefficient (Wildman–Crippen LogP) is 3.55. The first-order valence-corrected chi connectivity index (χ1v) is 8.61. The number of rotatable bonds is 6. The molecule has 0 bridgehead atoms. The molecule has 0 unspecified atom stereocenters. The molecule has 0 spiro atoms. The highest BCUT2D eigenvalue weighted by atomic mass is 35.5. The average molecular weight is 370 g/mol. The molecule has 1 N–H and O–H groups in total. The third-order valence-electron chi connectivity index (χ3n) is 4.22. The summed E-state index contributed by atoms with van der Waals surface area (Å²) in [5, 5.41) is 7.57. The third-order valence-corrected chi connectivity index (χ3v) is 4.46. The van der Waals surface area contributed by atoms with Crippen LogP contribution < -0.4 is 5.32 Å². The van der Waals surface area contributed by atoms with E-state index in [0.717, 1.165) is 11.3 Å². The van der Waals surface area contributed by atoms with Crippen LogP contribution in [0.4, 0.5) is 5.69 Å². The summed E-state index contributed by atoms with van der Waals surface area (Å²) in [6, 6.07) is 15.3. The Hall–Kier alpha value is -2.70. The summed E-state index contributed by atoms with van der Waals surface area (Å²) in [6.45, 7) is 2.34. The molecule has 6 nitrogen and oxygen atoms in total. The van der Waals surface area contributed by atoms with Gasteiger partial charge in [-0.3, -0.25) is 9.69 Å². The van der Waals surface area contributed by atoms with Gasteiger partial charge in [0.2, 0.25) is 5.91 Å². The minimum Gasteiger partial charge on any atom is -0.325 e. The highest BCUT2D eigenvalue weighted by molar-refractivity contribution is 6.30. The van der Waals surface area contributed by atoms with E-state index in [-0.39, 0.29) is 18.5 Å². The minimum atomic E-state index is -0.0825. The fourth-order valence-electron chi connectivity index (χ4n) is 2.63. The number of benzene rings is 2. The highest BCUT2D eigenvalue weighted by Gasteiger charge is 2.15. The molecular weight excluding hydrogens is 350 g/mol. The van der Waals surface area contributed by atoms with Gasteiger partial charge >= 0.3 is 0 Å². The van der Waals surface area contributed by atoms with Crippen LogP contribution in [-0.2, 0) is 4.79 Å². The number of nitrogens with one attached hydrogen (secondary N) is 1. The minimum absolute atomic E-state index is 0.0825. The fraction of sp³-hybridized carbons (Fsp3) is 0.211. The number of nitrogens with zero attached hydrogens (tertiary/aromatic N) is 4. The second-order valence-electron chi connectivity index (χ2n) is 6.08. The summed E-state index contributed by atoms with van der Waals surface area (Å²) in [4.78, 5) is 18.2. The standard InChI is InChI=1S/C19H20ClN5O/c1-14(15-6-8-18(9-7-15)25-13-21-12-22-25)24(2)11-19(26)23-17-5-3-4-16(20)10-17/h3-10,12-14H,11H2,1-2H3,(H,23,26)/t14-/m0/s1. The largest absolute Gasteiger partial charge is 0.325 e. The van der Waals surface area contributed by atoms with Crippen molar-refractivity contribution in [3.8, 4) is 5.69 Å². The maximum Gasteiger partial charge on any atom is 0.238 e. The van der Waals surface area contributed by atoms with Crippen molar-refractivity contribution in [3.63, 3.8) is 0 Å². The molecule has 3 rings (SSSR count). The summed E-state index contributed by atoms with van der Waals surface area (Å²) in [5.41, 5.74) is 2.76. The van der Waals surface area contributed by atoms with E-state index >= 15 is 0 Å². The number of likely N-dealkylation sites (N-methyl/N-ethyl adjacent to an activating group) is 1. The van der Waals surface area contributed by atoms with Gasteiger partial charge in [0.05, 0.1) is 12.2 Å². The molecule has 0 saturated carbocycles. The van der Waals surface area contributed by atoms with E-state index in [4.69, 9.17) is 11.6 Å². The SMILES string of the molecule is C[C@@H](c1ccc(-n2cncn2)cc1)N(C)CC(=O)Nc1cccc(Cl)c1. The quantitative estimate of drug-likeness (QED) is 0.721. The number of aromatic nitrogens is 3. The molecule has 0 aliphatic carbocycles. The second kappa shape index (κ2) is 8.12. The number of anilines is 1. The molecule has 26 heavy (non-hydrogen) atoms. The van der Waals surface area contributed by atoms with Crippen molar-refractivity contribution < 1.29 is 4.79 Å². The number of carbonyl (C=O) groups is 1. The van der Waals surface area contributed by atoms with Crippen molar-refractivity contribution in [2.24, 2.45) is 0 Å². The van der Waals surface area contributed by atoms with Gasteiger partial charge in [-0.25, -0.2) is 9.67 Å². The summed E-state index contributed by atoms with van der Waals surface area (Å²) < 4.78 is 1.70. The second-order valence-corrected chi connectivity index (χ2v) is 6.52. The van der Waals surface area contributed by atoms with Crippen LogP contribution in [0.3, 0.4) is 0 Å².